The van der Waals surface area contributed by atoms with Crippen molar-refractivity contribution >= 4 is 11.9 Å². The number of esters is 1. The van der Waals surface area contributed by atoms with E-state index in [9.17, 15) is 9.59 Å². The maximum Gasteiger partial charge on any atom is 0.333 e. The van der Waals surface area contributed by atoms with Crippen LogP contribution in [0.3, 0.4) is 0 Å². The topological polar surface area (TPSA) is 98.6 Å². The summed E-state index contributed by atoms with van der Waals surface area (Å²) in [7, 11) is 1.59. The molecule has 9 nitrogen and oxygen atoms in total. The standard InChI is InChI=1S/C27H33N5O4/c1-20-9-11-21(12-10-20)26(27(34)36-19-23-7-5-14-28-23)32(18-22-6-3-4-8-24(22)35-2)25(33)13-16-31-17-15-29-30-31/h3-4,6,8-12,15,17,23,26,28H,5,7,13-14,16,18-19H2,1-2H3. The second kappa shape index (κ2) is 12.3. The summed E-state index contributed by atoms with van der Waals surface area (Å²) in [6.07, 6.45) is 5.45. The summed E-state index contributed by atoms with van der Waals surface area (Å²) < 4.78 is 12.9. The van der Waals surface area contributed by atoms with Crippen molar-refractivity contribution in [3.05, 3.63) is 77.6 Å². The lowest BCUT2D eigenvalue weighted by molar-refractivity contribution is -0.157. The van der Waals surface area contributed by atoms with Crippen LogP contribution in [0.1, 0.15) is 42.0 Å². The first kappa shape index (κ1) is 25.4. The number of hydrogen-bond acceptors (Lipinski definition) is 7. The van der Waals surface area contributed by atoms with Gasteiger partial charge in [0.25, 0.3) is 0 Å². The second-order valence-electron chi connectivity index (χ2n) is 8.99. The van der Waals surface area contributed by atoms with Crippen molar-refractivity contribution in [2.45, 2.75) is 51.4 Å². The third kappa shape index (κ3) is 6.48. The van der Waals surface area contributed by atoms with Crippen LogP contribution < -0.4 is 10.1 Å². The molecule has 4 rings (SSSR count). The number of amides is 1. The first-order chi connectivity index (χ1) is 17.5. The van der Waals surface area contributed by atoms with E-state index in [-0.39, 0.29) is 31.5 Å². The zero-order valence-electron chi connectivity index (χ0n) is 20.8. The molecule has 0 aliphatic carbocycles. The fourth-order valence-electron chi connectivity index (χ4n) is 4.40. The monoisotopic (exact) mass is 491 g/mol. The number of nitrogens with one attached hydrogen (secondary N) is 1. The predicted molar refractivity (Wildman–Crippen MR) is 134 cm³/mol. The third-order valence-corrected chi connectivity index (χ3v) is 6.40. The molecular weight excluding hydrogens is 458 g/mol. The van der Waals surface area contributed by atoms with Gasteiger partial charge in [0.2, 0.25) is 5.91 Å². The summed E-state index contributed by atoms with van der Waals surface area (Å²) in [5.74, 6) is 0.00670. The van der Waals surface area contributed by atoms with Gasteiger partial charge in [0.05, 0.1) is 26.4 Å². The van der Waals surface area contributed by atoms with Crippen LogP contribution >= 0.6 is 0 Å². The van der Waals surface area contributed by atoms with Gasteiger partial charge in [-0.2, -0.15) is 0 Å². The fraction of sp³-hybridized carbons (Fsp3) is 0.407. The van der Waals surface area contributed by atoms with Crippen molar-refractivity contribution in [2.24, 2.45) is 0 Å². The van der Waals surface area contributed by atoms with Crippen LogP contribution in [0.5, 0.6) is 5.75 Å². The van der Waals surface area contributed by atoms with E-state index in [1.165, 1.54) is 0 Å². The van der Waals surface area contributed by atoms with Crippen molar-refractivity contribution in [1.29, 1.82) is 0 Å². The highest BCUT2D eigenvalue weighted by Crippen LogP contribution is 2.29. The fourth-order valence-corrected chi connectivity index (χ4v) is 4.40. The van der Waals surface area contributed by atoms with Crippen LogP contribution in [0.15, 0.2) is 60.9 Å². The largest absolute Gasteiger partial charge is 0.496 e. The molecule has 1 amide bonds. The summed E-state index contributed by atoms with van der Waals surface area (Å²) >= 11 is 0. The minimum Gasteiger partial charge on any atom is -0.496 e. The smallest absolute Gasteiger partial charge is 0.333 e. The molecule has 9 heteroatoms. The number of carbonyl (C=O) groups is 2. The number of aryl methyl sites for hydroxylation is 2. The Morgan fingerprint density at radius 2 is 2.00 bits per heavy atom. The van der Waals surface area contributed by atoms with Crippen LogP contribution in [0, 0.1) is 6.92 Å². The molecule has 36 heavy (non-hydrogen) atoms. The van der Waals surface area contributed by atoms with Crippen molar-refractivity contribution in [2.75, 3.05) is 20.3 Å². The number of aromatic nitrogens is 3. The van der Waals surface area contributed by atoms with Gasteiger partial charge in [-0.05, 0) is 37.9 Å². The molecule has 3 aromatic rings. The maximum absolute atomic E-state index is 13.7. The van der Waals surface area contributed by atoms with Crippen molar-refractivity contribution < 1.29 is 19.1 Å². The van der Waals surface area contributed by atoms with Gasteiger partial charge in [0.1, 0.15) is 12.4 Å². The Bertz CT molecular complexity index is 1130. The number of benzene rings is 2. The molecule has 1 aliphatic heterocycles. The van der Waals surface area contributed by atoms with Crippen LogP contribution in [-0.2, 0) is 27.4 Å². The van der Waals surface area contributed by atoms with Gasteiger partial charge in [-0.1, -0.05) is 53.2 Å². The molecule has 2 heterocycles. The Hall–Kier alpha value is -3.72. The Kier molecular flexibility index (Phi) is 8.67. The van der Waals surface area contributed by atoms with Crippen molar-refractivity contribution in [1.82, 2.24) is 25.2 Å². The zero-order valence-corrected chi connectivity index (χ0v) is 20.8. The van der Waals surface area contributed by atoms with Gasteiger partial charge in [0, 0.05) is 24.2 Å². The van der Waals surface area contributed by atoms with Gasteiger partial charge in [-0.25, -0.2) is 4.79 Å². The molecule has 1 saturated heterocycles. The highest BCUT2D eigenvalue weighted by atomic mass is 16.5. The minimum atomic E-state index is -0.903. The number of carbonyl (C=O) groups excluding carboxylic acids is 2. The molecule has 1 N–H and O–H groups in total. The summed E-state index contributed by atoms with van der Waals surface area (Å²) in [5, 5.41) is 11.1. The average molecular weight is 492 g/mol. The van der Waals surface area contributed by atoms with Crippen LogP contribution in [0.4, 0.5) is 0 Å². The molecule has 2 unspecified atom stereocenters. The molecule has 2 atom stereocenters. The number of para-hydroxylation sites is 1. The maximum atomic E-state index is 13.7. The lowest BCUT2D eigenvalue weighted by Crippen LogP contribution is -2.41. The van der Waals surface area contributed by atoms with E-state index in [1.807, 2.05) is 55.5 Å². The van der Waals surface area contributed by atoms with E-state index in [4.69, 9.17) is 9.47 Å². The molecule has 0 bridgehead atoms. The number of hydrogen-bond donors (Lipinski definition) is 1. The highest BCUT2D eigenvalue weighted by Gasteiger charge is 2.34. The lowest BCUT2D eigenvalue weighted by atomic mass is 10.0. The van der Waals surface area contributed by atoms with E-state index >= 15 is 0 Å². The molecule has 1 fully saturated rings. The molecule has 0 radical (unpaired) electrons. The Morgan fingerprint density at radius 3 is 2.69 bits per heavy atom. The molecule has 1 aromatic heterocycles. The van der Waals surface area contributed by atoms with Crippen molar-refractivity contribution in [3.8, 4) is 5.75 Å². The first-order valence-electron chi connectivity index (χ1n) is 12.3. The van der Waals surface area contributed by atoms with Gasteiger partial charge >= 0.3 is 5.97 Å². The van der Waals surface area contributed by atoms with Crippen molar-refractivity contribution in [3.63, 3.8) is 0 Å². The lowest BCUT2D eigenvalue weighted by Gasteiger charge is -2.32. The number of ether oxygens (including phenoxy) is 2. The van der Waals surface area contributed by atoms with Crippen LogP contribution in [-0.4, -0.2) is 58.1 Å². The van der Waals surface area contributed by atoms with E-state index < -0.39 is 12.0 Å². The van der Waals surface area contributed by atoms with E-state index in [0.717, 1.165) is 30.5 Å². The Balaban J connectivity index is 1.65. The minimum absolute atomic E-state index is 0.137. The van der Waals surface area contributed by atoms with E-state index in [0.29, 0.717) is 17.9 Å². The first-order valence-corrected chi connectivity index (χ1v) is 12.3. The molecule has 1 aliphatic rings. The second-order valence-corrected chi connectivity index (χ2v) is 8.99. The summed E-state index contributed by atoms with van der Waals surface area (Å²) in [6, 6.07) is 14.4. The van der Waals surface area contributed by atoms with Gasteiger partial charge in [-0.3, -0.25) is 9.48 Å². The molecular formula is C27H33N5O4. The predicted octanol–water partition coefficient (Wildman–Crippen LogP) is 3.05. The quantitative estimate of drug-likeness (QED) is 0.412. The SMILES string of the molecule is COc1ccccc1CN(C(=O)CCn1ccnn1)C(C(=O)OCC1CCCN1)c1ccc(C)cc1. The molecule has 0 spiro atoms. The van der Waals surface area contributed by atoms with E-state index in [1.54, 1.807) is 29.1 Å². The molecule has 0 saturated carbocycles. The van der Waals surface area contributed by atoms with Crippen LogP contribution in [0.25, 0.3) is 0 Å². The Morgan fingerprint density at radius 1 is 1.19 bits per heavy atom. The van der Waals surface area contributed by atoms with Gasteiger partial charge in [-0.15, -0.1) is 5.10 Å². The highest BCUT2D eigenvalue weighted by molar-refractivity contribution is 5.85. The third-order valence-electron chi connectivity index (χ3n) is 6.40. The zero-order chi connectivity index (χ0) is 25.3. The molecule has 190 valence electrons. The number of methoxy groups -OCH3 is 1. The van der Waals surface area contributed by atoms with Crippen LogP contribution in [0.2, 0.25) is 0 Å². The Labute approximate surface area is 211 Å². The average Bonchev–Trinajstić information content (AvgIpc) is 3.61. The summed E-state index contributed by atoms with van der Waals surface area (Å²) in [6.45, 7) is 3.72. The van der Waals surface area contributed by atoms with Gasteiger partial charge in [0.15, 0.2) is 6.04 Å². The normalized spacial score (nSPS) is 15.9. The van der Waals surface area contributed by atoms with E-state index in [2.05, 4.69) is 15.6 Å². The summed E-state index contributed by atoms with van der Waals surface area (Å²) in [4.78, 5) is 28.9. The number of rotatable bonds is 11. The van der Waals surface area contributed by atoms with Gasteiger partial charge < -0.3 is 19.7 Å². The summed E-state index contributed by atoms with van der Waals surface area (Å²) in [5.41, 5.74) is 2.57. The molecule has 2 aromatic carbocycles. The number of nitrogens with zero attached hydrogens (tertiary/aromatic N) is 4.